The topological polar surface area (TPSA) is 79.4 Å². The van der Waals surface area contributed by atoms with Crippen LogP contribution in [0.1, 0.15) is 10.6 Å². The van der Waals surface area contributed by atoms with Crippen molar-refractivity contribution in [3.63, 3.8) is 0 Å². The number of aromatic nitrogens is 1. The average molecular weight is 399 g/mol. The normalized spacial score (nSPS) is 13.7. The van der Waals surface area contributed by atoms with Gasteiger partial charge in [0.15, 0.2) is 0 Å². The SMILES string of the molecule is Cc1nc(-c2cccc(NS(=O)(=O)c3ccc4c(c3)CC(=O)N4C)c2)cs1. The third-order valence-electron chi connectivity index (χ3n) is 4.47. The van der Waals surface area contributed by atoms with Gasteiger partial charge in [-0.25, -0.2) is 13.4 Å². The molecule has 6 nitrogen and oxygen atoms in total. The van der Waals surface area contributed by atoms with Gasteiger partial charge in [-0.3, -0.25) is 9.52 Å². The summed E-state index contributed by atoms with van der Waals surface area (Å²) in [5.74, 6) is -0.0428. The van der Waals surface area contributed by atoms with E-state index in [4.69, 9.17) is 0 Å². The fourth-order valence-corrected chi connectivity index (χ4v) is 4.79. The summed E-state index contributed by atoms with van der Waals surface area (Å²) in [5.41, 5.74) is 3.60. The summed E-state index contributed by atoms with van der Waals surface area (Å²) in [6.07, 6.45) is 0.216. The van der Waals surface area contributed by atoms with E-state index in [9.17, 15) is 13.2 Å². The summed E-state index contributed by atoms with van der Waals surface area (Å²) in [6, 6.07) is 11.9. The highest BCUT2D eigenvalue weighted by atomic mass is 32.2. The zero-order chi connectivity index (χ0) is 19.2. The highest BCUT2D eigenvalue weighted by Crippen LogP contribution is 2.31. The summed E-state index contributed by atoms with van der Waals surface area (Å²) < 4.78 is 28.2. The molecule has 27 heavy (non-hydrogen) atoms. The Morgan fingerprint density at radius 2 is 2.00 bits per heavy atom. The molecule has 1 aliphatic rings. The standard InChI is InChI=1S/C19H17N3O3S2/c1-12-20-17(11-26-12)13-4-3-5-15(8-13)21-27(24,25)16-6-7-18-14(9-16)10-19(23)22(18)2/h3-9,11,21H,10H2,1-2H3. The van der Waals surface area contributed by atoms with Crippen molar-refractivity contribution < 1.29 is 13.2 Å². The monoisotopic (exact) mass is 399 g/mol. The lowest BCUT2D eigenvalue weighted by molar-refractivity contribution is -0.117. The number of fused-ring (bicyclic) bond motifs is 1. The van der Waals surface area contributed by atoms with E-state index in [1.807, 2.05) is 18.4 Å². The minimum atomic E-state index is -3.76. The van der Waals surface area contributed by atoms with Crippen LogP contribution in [0.5, 0.6) is 0 Å². The third-order valence-corrected chi connectivity index (χ3v) is 6.62. The number of hydrogen-bond donors (Lipinski definition) is 1. The Balaban J connectivity index is 1.63. The number of carbonyl (C=O) groups excluding carboxylic acids is 1. The number of sulfonamides is 1. The highest BCUT2D eigenvalue weighted by Gasteiger charge is 2.26. The Hall–Kier alpha value is -2.71. The number of hydrogen-bond acceptors (Lipinski definition) is 5. The predicted octanol–water partition coefficient (Wildman–Crippen LogP) is 3.44. The molecule has 0 saturated heterocycles. The largest absolute Gasteiger partial charge is 0.315 e. The minimum Gasteiger partial charge on any atom is -0.315 e. The molecule has 0 saturated carbocycles. The van der Waals surface area contributed by atoms with E-state index < -0.39 is 10.0 Å². The molecule has 4 rings (SSSR count). The number of amides is 1. The van der Waals surface area contributed by atoms with E-state index in [2.05, 4.69) is 9.71 Å². The number of carbonyl (C=O) groups is 1. The summed E-state index contributed by atoms with van der Waals surface area (Å²) in [4.78, 5) is 17.9. The summed E-state index contributed by atoms with van der Waals surface area (Å²) in [7, 11) is -2.07. The zero-order valence-corrected chi connectivity index (χ0v) is 16.4. The lowest BCUT2D eigenvalue weighted by Gasteiger charge is -2.12. The van der Waals surface area contributed by atoms with Crippen LogP contribution in [-0.4, -0.2) is 26.4 Å². The molecule has 2 heterocycles. The lowest BCUT2D eigenvalue weighted by Crippen LogP contribution is -2.20. The van der Waals surface area contributed by atoms with Gasteiger partial charge in [0.1, 0.15) is 0 Å². The maximum Gasteiger partial charge on any atom is 0.261 e. The van der Waals surface area contributed by atoms with Gasteiger partial charge < -0.3 is 4.90 Å². The minimum absolute atomic E-state index is 0.0428. The van der Waals surface area contributed by atoms with Crippen LogP contribution in [0.4, 0.5) is 11.4 Å². The van der Waals surface area contributed by atoms with Gasteiger partial charge in [0.05, 0.1) is 22.0 Å². The van der Waals surface area contributed by atoms with Crippen molar-refractivity contribution in [1.82, 2.24) is 4.98 Å². The number of thiazole rings is 1. The first-order valence-electron chi connectivity index (χ1n) is 8.28. The van der Waals surface area contributed by atoms with E-state index in [1.165, 1.54) is 6.07 Å². The quantitative estimate of drug-likeness (QED) is 0.729. The van der Waals surface area contributed by atoms with Gasteiger partial charge in [-0.15, -0.1) is 11.3 Å². The first-order chi connectivity index (χ1) is 12.8. The molecule has 0 radical (unpaired) electrons. The molecule has 1 aromatic heterocycles. The average Bonchev–Trinajstić information content (AvgIpc) is 3.18. The number of nitrogens with zero attached hydrogens (tertiary/aromatic N) is 2. The first-order valence-corrected chi connectivity index (χ1v) is 10.6. The van der Waals surface area contributed by atoms with Crippen LogP contribution in [0.2, 0.25) is 0 Å². The molecule has 0 unspecified atom stereocenters. The molecule has 138 valence electrons. The van der Waals surface area contributed by atoms with E-state index in [0.29, 0.717) is 5.69 Å². The number of anilines is 2. The van der Waals surface area contributed by atoms with Gasteiger partial charge in [-0.2, -0.15) is 0 Å². The van der Waals surface area contributed by atoms with Gasteiger partial charge in [-0.05, 0) is 42.8 Å². The Morgan fingerprint density at radius 1 is 1.19 bits per heavy atom. The van der Waals surface area contributed by atoms with Crippen LogP contribution in [0.25, 0.3) is 11.3 Å². The Morgan fingerprint density at radius 3 is 2.74 bits per heavy atom. The van der Waals surface area contributed by atoms with Crippen molar-refractivity contribution in [2.45, 2.75) is 18.2 Å². The van der Waals surface area contributed by atoms with E-state index in [0.717, 1.165) is 27.5 Å². The maximum atomic E-state index is 12.8. The lowest BCUT2D eigenvalue weighted by atomic mass is 10.1. The van der Waals surface area contributed by atoms with Crippen molar-refractivity contribution >= 4 is 38.6 Å². The maximum absolute atomic E-state index is 12.8. The summed E-state index contributed by atoms with van der Waals surface area (Å²) >= 11 is 1.55. The molecule has 0 spiro atoms. The molecular weight excluding hydrogens is 382 g/mol. The van der Waals surface area contributed by atoms with Crippen LogP contribution < -0.4 is 9.62 Å². The first kappa shape index (κ1) is 17.7. The molecular formula is C19H17N3O3S2. The van der Waals surface area contributed by atoms with E-state index in [1.54, 1.807) is 53.6 Å². The molecule has 1 aliphatic heterocycles. The number of benzene rings is 2. The van der Waals surface area contributed by atoms with Crippen LogP contribution in [0, 0.1) is 6.92 Å². The molecule has 0 aliphatic carbocycles. The zero-order valence-electron chi connectivity index (χ0n) is 14.8. The number of likely N-dealkylation sites (N-methyl/N-ethyl adjacent to an activating group) is 1. The summed E-state index contributed by atoms with van der Waals surface area (Å²) in [6.45, 7) is 1.93. The molecule has 8 heteroatoms. The van der Waals surface area contributed by atoms with Crippen molar-refractivity contribution in [2.75, 3.05) is 16.7 Å². The molecule has 3 aromatic rings. The Kier molecular flexibility index (Phi) is 4.24. The summed E-state index contributed by atoms with van der Waals surface area (Å²) in [5, 5.41) is 2.89. The second kappa shape index (κ2) is 6.47. The smallest absolute Gasteiger partial charge is 0.261 e. The third kappa shape index (κ3) is 3.33. The van der Waals surface area contributed by atoms with Crippen molar-refractivity contribution in [1.29, 1.82) is 0 Å². The van der Waals surface area contributed by atoms with Gasteiger partial charge in [-0.1, -0.05) is 12.1 Å². The van der Waals surface area contributed by atoms with Crippen molar-refractivity contribution in [2.24, 2.45) is 0 Å². The number of nitrogens with one attached hydrogen (secondary N) is 1. The Labute approximate surface area is 161 Å². The number of aryl methyl sites for hydroxylation is 1. The van der Waals surface area contributed by atoms with E-state index in [-0.39, 0.29) is 17.2 Å². The molecule has 1 amide bonds. The van der Waals surface area contributed by atoms with Gasteiger partial charge in [0, 0.05) is 29.4 Å². The molecule has 0 bridgehead atoms. The Bertz CT molecular complexity index is 1150. The van der Waals surface area contributed by atoms with Crippen molar-refractivity contribution in [3.8, 4) is 11.3 Å². The molecule has 1 N–H and O–H groups in total. The predicted molar refractivity (Wildman–Crippen MR) is 107 cm³/mol. The van der Waals surface area contributed by atoms with Gasteiger partial charge in [0.25, 0.3) is 10.0 Å². The van der Waals surface area contributed by atoms with Crippen LogP contribution in [0.15, 0.2) is 52.7 Å². The second-order valence-electron chi connectivity index (χ2n) is 6.36. The van der Waals surface area contributed by atoms with Crippen molar-refractivity contribution in [3.05, 3.63) is 58.4 Å². The van der Waals surface area contributed by atoms with Crippen LogP contribution in [-0.2, 0) is 21.2 Å². The van der Waals surface area contributed by atoms with E-state index >= 15 is 0 Å². The van der Waals surface area contributed by atoms with Crippen LogP contribution >= 0.6 is 11.3 Å². The fraction of sp³-hybridized carbons (Fsp3) is 0.158. The molecule has 0 atom stereocenters. The second-order valence-corrected chi connectivity index (χ2v) is 9.10. The number of rotatable bonds is 4. The molecule has 0 fully saturated rings. The van der Waals surface area contributed by atoms with Gasteiger partial charge in [0.2, 0.25) is 5.91 Å². The van der Waals surface area contributed by atoms with Crippen LogP contribution in [0.3, 0.4) is 0 Å². The van der Waals surface area contributed by atoms with Gasteiger partial charge >= 0.3 is 0 Å². The fourth-order valence-electron chi connectivity index (χ4n) is 3.07. The highest BCUT2D eigenvalue weighted by molar-refractivity contribution is 7.92. The molecule has 2 aromatic carbocycles.